The maximum Gasteiger partial charge on any atom is 0.220 e. The molecule has 3 nitrogen and oxygen atoms in total. The van der Waals surface area contributed by atoms with E-state index in [1.165, 1.54) is 24.2 Å². The van der Waals surface area contributed by atoms with E-state index in [0.717, 1.165) is 18.7 Å². The molecule has 2 N–H and O–H groups in total. The number of rotatable bonds is 3. The average Bonchev–Trinajstić information content (AvgIpc) is 2.33. The molecule has 1 aliphatic heterocycles. The van der Waals surface area contributed by atoms with Crippen molar-refractivity contribution >= 4 is 5.78 Å². The van der Waals surface area contributed by atoms with Gasteiger partial charge in [0, 0.05) is 0 Å². The molecule has 1 fully saturated rings. The van der Waals surface area contributed by atoms with Gasteiger partial charge in [-0.05, 0) is 38.3 Å². The van der Waals surface area contributed by atoms with Crippen LogP contribution in [0, 0.1) is 6.92 Å². The zero-order chi connectivity index (χ0) is 12.3. The van der Waals surface area contributed by atoms with E-state index < -0.39 is 0 Å². The van der Waals surface area contributed by atoms with Crippen molar-refractivity contribution in [3.05, 3.63) is 29.3 Å². The van der Waals surface area contributed by atoms with E-state index in [0.29, 0.717) is 12.1 Å². The van der Waals surface area contributed by atoms with Gasteiger partial charge in [-0.15, -0.1) is 0 Å². The van der Waals surface area contributed by atoms with E-state index in [1.807, 2.05) is 13.0 Å². The molecule has 0 unspecified atom stereocenters. The number of aryl methyl sites for hydroxylation is 1. The van der Waals surface area contributed by atoms with Gasteiger partial charge in [0.15, 0.2) is 0 Å². The van der Waals surface area contributed by atoms with Crippen molar-refractivity contribution in [3.63, 3.8) is 0 Å². The lowest BCUT2D eigenvalue weighted by atomic mass is 10.0. The van der Waals surface area contributed by atoms with Crippen molar-refractivity contribution < 1.29 is 27.2 Å². The molecule has 1 saturated heterocycles. The lowest BCUT2D eigenvalue weighted by Crippen LogP contribution is -3.13. The molecule has 0 bridgehead atoms. The third kappa shape index (κ3) is 3.72. The first-order valence-corrected chi connectivity index (χ1v) is 6.33. The third-order valence-corrected chi connectivity index (χ3v) is 3.42. The van der Waals surface area contributed by atoms with Crippen molar-refractivity contribution in [3.8, 4) is 5.75 Å². The summed E-state index contributed by atoms with van der Waals surface area (Å²) in [7, 11) is 0. The summed E-state index contributed by atoms with van der Waals surface area (Å²) in [5, 5.41) is 9.70. The van der Waals surface area contributed by atoms with E-state index in [4.69, 9.17) is 0 Å². The molecule has 0 atom stereocenters. The molecule has 0 amide bonds. The van der Waals surface area contributed by atoms with Crippen LogP contribution in [-0.4, -0.2) is 30.5 Å². The quantitative estimate of drug-likeness (QED) is 0.621. The van der Waals surface area contributed by atoms with Crippen LogP contribution in [0.2, 0.25) is 0 Å². The number of Topliss-reactive ketones (excluding diaryl/α,β-unsaturated/α-hetero) is 1. The van der Waals surface area contributed by atoms with E-state index >= 15 is 0 Å². The number of phenolic OH excluding ortho intramolecular Hbond substituents is 1. The SMILES string of the molecule is Cc1ccc(O)c(C(=O)C[NH+]2CCCCC2)c1.[Cl-]. The fraction of sp³-hybridized carbons (Fsp3) is 0.500. The van der Waals surface area contributed by atoms with Gasteiger partial charge in [-0.2, -0.15) is 0 Å². The number of benzene rings is 1. The maximum absolute atomic E-state index is 12.1. The van der Waals surface area contributed by atoms with Crippen molar-refractivity contribution in [1.82, 2.24) is 0 Å². The first kappa shape index (κ1) is 15.0. The Labute approximate surface area is 114 Å². The second-order valence-electron chi connectivity index (χ2n) is 4.93. The van der Waals surface area contributed by atoms with Crippen molar-refractivity contribution in [2.75, 3.05) is 19.6 Å². The van der Waals surface area contributed by atoms with Gasteiger partial charge in [-0.25, -0.2) is 0 Å². The average molecular weight is 270 g/mol. The number of hydrogen-bond donors (Lipinski definition) is 2. The van der Waals surface area contributed by atoms with Gasteiger partial charge in [0.1, 0.15) is 12.3 Å². The number of quaternary nitrogens is 1. The number of likely N-dealkylation sites (tertiary alicyclic amines) is 1. The van der Waals surface area contributed by atoms with Crippen LogP contribution in [-0.2, 0) is 0 Å². The molecular weight excluding hydrogens is 250 g/mol. The number of phenols is 1. The molecule has 1 aromatic carbocycles. The molecular formula is C14H20ClNO2. The van der Waals surface area contributed by atoms with Crippen LogP contribution >= 0.6 is 0 Å². The number of ketones is 1. The first-order chi connectivity index (χ1) is 8.16. The Bertz CT molecular complexity index is 414. The number of aromatic hydroxyl groups is 1. The van der Waals surface area contributed by atoms with E-state index in [1.54, 1.807) is 12.1 Å². The minimum atomic E-state index is 0. The molecule has 0 aromatic heterocycles. The topological polar surface area (TPSA) is 41.7 Å². The second-order valence-corrected chi connectivity index (χ2v) is 4.93. The minimum Gasteiger partial charge on any atom is -1.00 e. The van der Waals surface area contributed by atoms with Crippen LogP contribution in [0.3, 0.4) is 0 Å². The normalized spacial score (nSPS) is 16.1. The molecule has 0 radical (unpaired) electrons. The highest BCUT2D eigenvalue weighted by Crippen LogP contribution is 2.18. The zero-order valence-electron chi connectivity index (χ0n) is 10.7. The van der Waals surface area contributed by atoms with Crippen molar-refractivity contribution in [2.24, 2.45) is 0 Å². The molecule has 1 aliphatic rings. The van der Waals surface area contributed by atoms with Gasteiger partial charge in [-0.3, -0.25) is 4.79 Å². The number of halogens is 1. The van der Waals surface area contributed by atoms with Crippen LogP contribution in [0.1, 0.15) is 35.2 Å². The molecule has 1 aromatic rings. The fourth-order valence-corrected chi connectivity index (χ4v) is 2.42. The predicted molar refractivity (Wildman–Crippen MR) is 66.6 cm³/mol. The molecule has 0 aliphatic carbocycles. The van der Waals surface area contributed by atoms with Crippen LogP contribution in [0.5, 0.6) is 5.75 Å². The van der Waals surface area contributed by atoms with Crippen molar-refractivity contribution in [1.29, 1.82) is 0 Å². The lowest BCUT2D eigenvalue weighted by molar-refractivity contribution is -0.896. The molecule has 0 saturated carbocycles. The third-order valence-electron chi connectivity index (χ3n) is 3.42. The van der Waals surface area contributed by atoms with Gasteiger partial charge in [0.25, 0.3) is 0 Å². The highest BCUT2D eigenvalue weighted by molar-refractivity contribution is 5.99. The predicted octanol–water partition coefficient (Wildman–Crippen LogP) is -2.04. The summed E-state index contributed by atoms with van der Waals surface area (Å²) in [5.74, 6) is 0.167. The number of nitrogens with one attached hydrogen (secondary N) is 1. The van der Waals surface area contributed by atoms with Gasteiger partial charge in [0.05, 0.1) is 18.7 Å². The zero-order valence-corrected chi connectivity index (χ0v) is 11.5. The van der Waals surface area contributed by atoms with Crippen LogP contribution in [0.15, 0.2) is 18.2 Å². The smallest absolute Gasteiger partial charge is 0.220 e. The summed E-state index contributed by atoms with van der Waals surface area (Å²) in [6.07, 6.45) is 3.71. The van der Waals surface area contributed by atoms with Gasteiger partial charge in [0.2, 0.25) is 5.78 Å². The van der Waals surface area contributed by atoms with Crippen molar-refractivity contribution in [2.45, 2.75) is 26.2 Å². The molecule has 0 spiro atoms. The Morgan fingerprint density at radius 3 is 2.61 bits per heavy atom. The summed E-state index contributed by atoms with van der Waals surface area (Å²) in [5.41, 5.74) is 1.49. The van der Waals surface area contributed by atoms with Crippen LogP contribution < -0.4 is 17.3 Å². The van der Waals surface area contributed by atoms with Gasteiger partial charge < -0.3 is 22.4 Å². The first-order valence-electron chi connectivity index (χ1n) is 6.33. The summed E-state index contributed by atoms with van der Waals surface area (Å²) >= 11 is 0. The standard InChI is InChI=1S/C14H19NO2.ClH/c1-11-5-6-13(16)12(9-11)14(17)10-15-7-3-2-4-8-15;/h5-6,9,16H,2-4,7-8,10H2,1H3;1H. The molecule has 100 valence electrons. The Morgan fingerprint density at radius 1 is 1.28 bits per heavy atom. The number of hydrogen-bond acceptors (Lipinski definition) is 2. The number of carbonyl (C=O) groups excluding carboxylic acids is 1. The lowest BCUT2D eigenvalue weighted by Gasteiger charge is -2.22. The number of piperidine rings is 1. The molecule has 1 heterocycles. The molecule has 18 heavy (non-hydrogen) atoms. The summed E-state index contributed by atoms with van der Waals surface area (Å²) in [6, 6.07) is 5.20. The highest BCUT2D eigenvalue weighted by atomic mass is 35.5. The largest absolute Gasteiger partial charge is 1.00 e. The Hall–Kier alpha value is -1.06. The Kier molecular flexibility index (Phi) is 5.63. The van der Waals surface area contributed by atoms with E-state index in [-0.39, 0.29) is 23.9 Å². The summed E-state index contributed by atoms with van der Waals surface area (Å²) in [4.78, 5) is 13.5. The van der Waals surface area contributed by atoms with Gasteiger partial charge >= 0.3 is 0 Å². The second kappa shape index (κ2) is 6.76. The summed E-state index contributed by atoms with van der Waals surface area (Å²) < 4.78 is 0. The summed E-state index contributed by atoms with van der Waals surface area (Å²) in [6.45, 7) is 4.61. The maximum atomic E-state index is 12.1. The monoisotopic (exact) mass is 269 g/mol. The molecule has 4 heteroatoms. The molecule has 2 rings (SSSR count). The van der Waals surface area contributed by atoms with E-state index in [9.17, 15) is 9.90 Å². The fourth-order valence-electron chi connectivity index (χ4n) is 2.42. The van der Waals surface area contributed by atoms with Gasteiger partial charge in [-0.1, -0.05) is 11.6 Å². The Morgan fingerprint density at radius 2 is 1.94 bits per heavy atom. The van der Waals surface area contributed by atoms with E-state index in [2.05, 4.69) is 0 Å². The van der Waals surface area contributed by atoms with Crippen LogP contribution in [0.25, 0.3) is 0 Å². The Balaban J connectivity index is 0.00000162. The van der Waals surface area contributed by atoms with Crippen LogP contribution in [0.4, 0.5) is 0 Å². The highest BCUT2D eigenvalue weighted by Gasteiger charge is 2.20. The number of carbonyl (C=O) groups is 1. The minimum absolute atomic E-state index is 0.